The Bertz CT molecular complexity index is 968. The number of carbonyl (C=O) groups excluding carboxylic acids is 1. The Morgan fingerprint density at radius 3 is 3.15 bits per heavy atom. The number of carbonyl (C=O) groups is 1. The Morgan fingerprint density at radius 2 is 2.30 bits per heavy atom. The molecule has 1 fully saturated rings. The fourth-order valence-electron chi connectivity index (χ4n) is 3.46. The summed E-state index contributed by atoms with van der Waals surface area (Å²) in [6.07, 6.45) is 6.80. The van der Waals surface area contributed by atoms with Crippen molar-refractivity contribution in [2.24, 2.45) is 0 Å². The van der Waals surface area contributed by atoms with Gasteiger partial charge in [0.1, 0.15) is 17.2 Å². The number of β-amino-alcohol motifs (C(OH)–C–C–N with tert-alkyl or cyclic N) is 1. The van der Waals surface area contributed by atoms with Crippen LogP contribution >= 0.6 is 0 Å². The van der Waals surface area contributed by atoms with Crippen LogP contribution in [0.1, 0.15) is 34.5 Å². The van der Waals surface area contributed by atoms with Crippen LogP contribution in [0.4, 0.5) is 5.82 Å². The van der Waals surface area contributed by atoms with Crippen molar-refractivity contribution >= 4 is 17.4 Å². The summed E-state index contributed by atoms with van der Waals surface area (Å²) in [6.45, 7) is 3.79. The zero-order chi connectivity index (χ0) is 18.8. The number of imidazole rings is 1. The summed E-state index contributed by atoms with van der Waals surface area (Å²) >= 11 is 0. The lowest BCUT2D eigenvalue weighted by Gasteiger charge is -2.32. The van der Waals surface area contributed by atoms with E-state index in [1.54, 1.807) is 12.4 Å². The summed E-state index contributed by atoms with van der Waals surface area (Å²) in [7, 11) is 0. The molecule has 0 saturated carbocycles. The third-order valence-electron chi connectivity index (χ3n) is 4.85. The first-order valence-electron chi connectivity index (χ1n) is 9.20. The fraction of sp³-hybridized carbons (Fsp3) is 0.350. The number of nitrogens with one attached hydrogen (secondary N) is 1. The average Bonchev–Trinajstić information content (AvgIpc) is 3.09. The Hall–Kier alpha value is -2.93. The van der Waals surface area contributed by atoms with Gasteiger partial charge in [0.15, 0.2) is 0 Å². The number of rotatable bonds is 4. The molecule has 1 aliphatic rings. The first-order valence-corrected chi connectivity index (χ1v) is 9.20. The molecule has 0 aliphatic carbocycles. The van der Waals surface area contributed by atoms with Gasteiger partial charge in [0, 0.05) is 43.8 Å². The van der Waals surface area contributed by atoms with Gasteiger partial charge in [0.2, 0.25) is 0 Å². The second kappa shape index (κ2) is 7.36. The van der Waals surface area contributed by atoms with Crippen molar-refractivity contribution in [3.8, 4) is 0 Å². The second-order valence-corrected chi connectivity index (χ2v) is 7.01. The molecule has 3 aromatic heterocycles. The van der Waals surface area contributed by atoms with E-state index in [1.807, 2.05) is 41.8 Å². The summed E-state index contributed by atoms with van der Waals surface area (Å²) in [6, 6.07) is 7.73. The third-order valence-corrected chi connectivity index (χ3v) is 4.85. The molecule has 140 valence electrons. The molecule has 3 aromatic rings. The van der Waals surface area contributed by atoms with Gasteiger partial charge in [-0.1, -0.05) is 6.07 Å². The van der Waals surface area contributed by atoms with Gasteiger partial charge in [-0.2, -0.15) is 0 Å². The summed E-state index contributed by atoms with van der Waals surface area (Å²) in [4.78, 5) is 23.5. The van der Waals surface area contributed by atoms with Crippen LogP contribution < -0.4 is 10.2 Å². The average molecular weight is 365 g/mol. The van der Waals surface area contributed by atoms with Crippen LogP contribution in [0.5, 0.6) is 0 Å². The van der Waals surface area contributed by atoms with Crippen molar-refractivity contribution in [2.75, 3.05) is 18.0 Å². The van der Waals surface area contributed by atoms with Gasteiger partial charge in [-0.25, -0.2) is 9.97 Å². The first kappa shape index (κ1) is 17.5. The Labute approximate surface area is 157 Å². The lowest BCUT2D eigenvalue weighted by molar-refractivity contribution is 0.0946. The molecular weight excluding hydrogens is 342 g/mol. The highest BCUT2D eigenvalue weighted by molar-refractivity contribution is 5.92. The van der Waals surface area contributed by atoms with E-state index in [1.165, 1.54) is 0 Å². The zero-order valence-corrected chi connectivity index (χ0v) is 15.3. The first-order chi connectivity index (χ1) is 13.1. The van der Waals surface area contributed by atoms with E-state index < -0.39 is 0 Å². The molecule has 0 bridgehead atoms. The van der Waals surface area contributed by atoms with Gasteiger partial charge >= 0.3 is 0 Å². The number of aromatic nitrogens is 3. The minimum Gasteiger partial charge on any atom is -0.391 e. The normalized spacial score (nSPS) is 17.3. The predicted octanol–water partition coefficient (Wildman–Crippen LogP) is 1.93. The molecule has 1 amide bonds. The smallest absolute Gasteiger partial charge is 0.271 e. The number of fused-ring (bicyclic) bond motifs is 1. The minimum atomic E-state index is -0.329. The van der Waals surface area contributed by atoms with Crippen molar-refractivity contribution in [1.29, 1.82) is 0 Å². The lowest BCUT2D eigenvalue weighted by atomic mass is 10.1. The van der Waals surface area contributed by atoms with Gasteiger partial charge in [-0.15, -0.1) is 0 Å². The third kappa shape index (κ3) is 3.78. The van der Waals surface area contributed by atoms with Crippen molar-refractivity contribution in [1.82, 2.24) is 19.7 Å². The molecule has 1 saturated heterocycles. The molecule has 0 aromatic carbocycles. The molecule has 0 radical (unpaired) electrons. The van der Waals surface area contributed by atoms with Crippen molar-refractivity contribution in [3.05, 3.63) is 59.7 Å². The standard InChI is InChI=1S/C20H23N5O2/c1-14-6-9-24-13-17(23-18(24)10-14)20(27)22-11-15-4-2-7-21-19(15)25-8-3-5-16(26)12-25/h2,4,6-7,9-10,13,16,26H,3,5,8,11-12H2,1H3,(H,22,27). The molecule has 4 heterocycles. The van der Waals surface area contributed by atoms with Gasteiger partial charge in [-0.3, -0.25) is 4.79 Å². The van der Waals surface area contributed by atoms with Gasteiger partial charge < -0.3 is 19.7 Å². The number of pyridine rings is 2. The highest BCUT2D eigenvalue weighted by Gasteiger charge is 2.21. The zero-order valence-electron chi connectivity index (χ0n) is 15.3. The number of nitrogens with zero attached hydrogens (tertiary/aromatic N) is 4. The number of piperidine rings is 1. The van der Waals surface area contributed by atoms with Crippen LogP contribution in [-0.4, -0.2) is 44.6 Å². The van der Waals surface area contributed by atoms with Crippen molar-refractivity contribution < 1.29 is 9.90 Å². The van der Waals surface area contributed by atoms with Crippen LogP contribution in [0.25, 0.3) is 5.65 Å². The highest BCUT2D eigenvalue weighted by atomic mass is 16.3. The number of aryl methyl sites for hydroxylation is 1. The summed E-state index contributed by atoms with van der Waals surface area (Å²) in [5.74, 6) is 0.604. The van der Waals surface area contributed by atoms with E-state index in [0.717, 1.165) is 42.0 Å². The topological polar surface area (TPSA) is 82.8 Å². The highest BCUT2D eigenvalue weighted by Crippen LogP contribution is 2.22. The summed E-state index contributed by atoms with van der Waals surface area (Å²) in [5, 5.41) is 12.9. The molecule has 7 heteroatoms. The van der Waals surface area contributed by atoms with Crippen molar-refractivity contribution in [2.45, 2.75) is 32.4 Å². The van der Waals surface area contributed by atoms with E-state index in [9.17, 15) is 9.90 Å². The summed E-state index contributed by atoms with van der Waals surface area (Å²) in [5.41, 5.74) is 3.17. The number of aliphatic hydroxyl groups is 1. The molecule has 0 spiro atoms. The predicted molar refractivity (Wildman–Crippen MR) is 103 cm³/mol. The molecule has 2 N–H and O–H groups in total. The van der Waals surface area contributed by atoms with Crippen LogP contribution in [-0.2, 0) is 6.54 Å². The maximum Gasteiger partial charge on any atom is 0.271 e. The molecule has 1 aliphatic heterocycles. The maximum atomic E-state index is 12.6. The molecule has 27 heavy (non-hydrogen) atoms. The van der Waals surface area contributed by atoms with Crippen LogP contribution in [0, 0.1) is 6.92 Å². The Kier molecular flexibility index (Phi) is 4.77. The van der Waals surface area contributed by atoms with Gasteiger partial charge in [0.05, 0.1) is 6.10 Å². The number of hydrogen-bond donors (Lipinski definition) is 2. The Balaban J connectivity index is 1.48. The number of amides is 1. The van der Waals surface area contributed by atoms with Crippen LogP contribution in [0.15, 0.2) is 42.9 Å². The molecule has 1 unspecified atom stereocenters. The largest absolute Gasteiger partial charge is 0.391 e. The Morgan fingerprint density at radius 1 is 1.41 bits per heavy atom. The molecule has 1 atom stereocenters. The van der Waals surface area contributed by atoms with Crippen LogP contribution in [0.3, 0.4) is 0 Å². The maximum absolute atomic E-state index is 12.6. The van der Waals surface area contributed by atoms with Crippen LogP contribution in [0.2, 0.25) is 0 Å². The lowest BCUT2D eigenvalue weighted by Crippen LogP contribution is -2.39. The SMILES string of the molecule is Cc1ccn2cc(C(=O)NCc3cccnc3N3CCCC(O)C3)nc2c1. The van der Waals surface area contributed by atoms with Gasteiger partial charge in [0.25, 0.3) is 5.91 Å². The molecular formula is C20H23N5O2. The monoisotopic (exact) mass is 365 g/mol. The number of anilines is 1. The molecule has 7 nitrogen and oxygen atoms in total. The molecule has 4 rings (SSSR count). The fourth-order valence-corrected chi connectivity index (χ4v) is 3.46. The summed E-state index contributed by atoms with van der Waals surface area (Å²) < 4.78 is 1.84. The number of hydrogen-bond acceptors (Lipinski definition) is 5. The van der Waals surface area contributed by atoms with E-state index in [4.69, 9.17) is 0 Å². The van der Waals surface area contributed by atoms with E-state index >= 15 is 0 Å². The quantitative estimate of drug-likeness (QED) is 0.738. The number of aliphatic hydroxyl groups excluding tert-OH is 1. The van der Waals surface area contributed by atoms with Crippen molar-refractivity contribution in [3.63, 3.8) is 0 Å². The second-order valence-electron chi connectivity index (χ2n) is 7.01. The van der Waals surface area contributed by atoms with E-state index in [0.29, 0.717) is 18.8 Å². The van der Waals surface area contributed by atoms with Gasteiger partial charge in [-0.05, 0) is 43.5 Å². The van der Waals surface area contributed by atoms with E-state index in [-0.39, 0.29) is 12.0 Å². The minimum absolute atomic E-state index is 0.218. The van der Waals surface area contributed by atoms with E-state index in [2.05, 4.69) is 20.2 Å².